The largest absolute Gasteiger partial charge is 0.497 e. The van der Waals surface area contributed by atoms with Crippen molar-refractivity contribution in [2.45, 2.75) is 17.7 Å². The molecule has 2 aromatic rings. The summed E-state index contributed by atoms with van der Waals surface area (Å²) in [4.78, 5) is 12.8. The first-order chi connectivity index (χ1) is 10.2. The number of halogens is 1. The Morgan fingerprint density at radius 2 is 1.76 bits per heavy atom. The van der Waals surface area contributed by atoms with E-state index in [1.54, 1.807) is 19.2 Å². The van der Waals surface area contributed by atoms with Gasteiger partial charge in [-0.15, -0.1) is 11.8 Å². The second kappa shape index (κ2) is 7.84. The highest BCUT2D eigenvalue weighted by molar-refractivity contribution is 8.00. The summed E-state index contributed by atoms with van der Waals surface area (Å²) >= 11 is 1.44. The molecule has 2 aromatic carbocycles. The van der Waals surface area contributed by atoms with Gasteiger partial charge in [-0.2, -0.15) is 0 Å². The zero-order valence-electron chi connectivity index (χ0n) is 11.8. The zero-order valence-corrected chi connectivity index (χ0v) is 12.7. The van der Waals surface area contributed by atoms with Crippen LogP contribution in [-0.4, -0.2) is 18.6 Å². The summed E-state index contributed by atoms with van der Waals surface area (Å²) < 4.78 is 17.9. The van der Waals surface area contributed by atoms with Crippen molar-refractivity contribution in [1.29, 1.82) is 0 Å². The predicted octanol–water partition coefficient (Wildman–Crippen LogP) is 4.13. The van der Waals surface area contributed by atoms with Gasteiger partial charge in [-0.25, -0.2) is 4.39 Å². The molecule has 0 N–H and O–H groups in total. The van der Waals surface area contributed by atoms with Gasteiger partial charge in [0.05, 0.1) is 12.9 Å². The molecule has 21 heavy (non-hydrogen) atoms. The Bertz CT molecular complexity index is 579. The number of carbonyl (C=O) groups is 1. The molecule has 0 atom stereocenters. The SMILES string of the molecule is COc1ccc(CCC(=O)CSc2ccc(F)cc2)cc1. The van der Waals surface area contributed by atoms with Crippen LogP contribution in [0.2, 0.25) is 0 Å². The van der Waals surface area contributed by atoms with E-state index in [0.717, 1.165) is 22.6 Å². The molecule has 0 fully saturated rings. The lowest BCUT2D eigenvalue weighted by molar-refractivity contribution is -0.116. The fourth-order valence-corrected chi connectivity index (χ4v) is 2.64. The van der Waals surface area contributed by atoms with E-state index in [-0.39, 0.29) is 11.6 Å². The standard InChI is InChI=1S/C17H17FO2S/c1-20-16-8-3-13(4-9-16)2-7-15(19)12-21-17-10-5-14(18)6-11-17/h3-6,8-11H,2,7,12H2,1H3. The predicted molar refractivity (Wildman–Crippen MR) is 83.4 cm³/mol. The summed E-state index contributed by atoms with van der Waals surface area (Å²) in [5, 5.41) is 0. The maximum Gasteiger partial charge on any atom is 0.143 e. The van der Waals surface area contributed by atoms with Gasteiger partial charge in [-0.3, -0.25) is 4.79 Å². The van der Waals surface area contributed by atoms with Crippen LogP contribution in [0.1, 0.15) is 12.0 Å². The van der Waals surface area contributed by atoms with Crippen molar-refractivity contribution in [3.05, 3.63) is 59.9 Å². The number of aryl methyl sites for hydroxylation is 1. The molecule has 0 heterocycles. The van der Waals surface area contributed by atoms with Crippen LogP contribution >= 0.6 is 11.8 Å². The van der Waals surface area contributed by atoms with Crippen LogP contribution in [0.5, 0.6) is 5.75 Å². The van der Waals surface area contributed by atoms with E-state index < -0.39 is 0 Å². The van der Waals surface area contributed by atoms with E-state index in [1.807, 2.05) is 24.3 Å². The van der Waals surface area contributed by atoms with Gasteiger partial charge in [0.2, 0.25) is 0 Å². The number of benzene rings is 2. The monoisotopic (exact) mass is 304 g/mol. The molecule has 0 bridgehead atoms. The Morgan fingerprint density at radius 1 is 1.10 bits per heavy atom. The van der Waals surface area contributed by atoms with E-state index in [9.17, 15) is 9.18 Å². The second-order valence-corrected chi connectivity index (χ2v) is 5.68. The molecule has 0 unspecified atom stereocenters. The van der Waals surface area contributed by atoms with E-state index in [2.05, 4.69) is 0 Å². The minimum absolute atomic E-state index is 0.195. The molecule has 0 radical (unpaired) electrons. The third-order valence-electron chi connectivity index (χ3n) is 3.07. The van der Waals surface area contributed by atoms with Crippen molar-refractivity contribution in [3.63, 3.8) is 0 Å². The Balaban J connectivity index is 1.75. The molecule has 0 saturated heterocycles. The lowest BCUT2D eigenvalue weighted by Crippen LogP contribution is -2.03. The van der Waals surface area contributed by atoms with E-state index in [0.29, 0.717) is 12.2 Å². The molecular weight excluding hydrogens is 287 g/mol. The van der Waals surface area contributed by atoms with Crippen molar-refractivity contribution in [2.24, 2.45) is 0 Å². The van der Waals surface area contributed by atoms with Gasteiger partial charge in [0.25, 0.3) is 0 Å². The maximum atomic E-state index is 12.8. The van der Waals surface area contributed by atoms with E-state index >= 15 is 0 Å². The molecule has 0 aromatic heterocycles. The number of hydrogen-bond acceptors (Lipinski definition) is 3. The minimum Gasteiger partial charge on any atom is -0.497 e. The molecule has 0 aliphatic heterocycles. The highest BCUT2D eigenvalue weighted by Gasteiger charge is 2.05. The number of Topliss-reactive ketones (excluding diaryl/α,β-unsaturated/α-hetero) is 1. The van der Waals surface area contributed by atoms with Crippen LogP contribution in [-0.2, 0) is 11.2 Å². The number of ketones is 1. The van der Waals surface area contributed by atoms with Gasteiger partial charge in [0.15, 0.2) is 0 Å². The highest BCUT2D eigenvalue weighted by atomic mass is 32.2. The fraction of sp³-hybridized carbons (Fsp3) is 0.235. The summed E-state index contributed by atoms with van der Waals surface area (Å²) in [6.45, 7) is 0. The van der Waals surface area contributed by atoms with Gasteiger partial charge in [0.1, 0.15) is 17.3 Å². The van der Waals surface area contributed by atoms with E-state index in [1.165, 1.54) is 23.9 Å². The Labute approximate surface area is 128 Å². The quantitative estimate of drug-likeness (QED) is 0.720. The van der Waals surface area contributed by atoms with Gasteiger partial charge < -0.3 is 4.74 Å². The molecule has 0 saturated carbocycles. The van der Waals surface area contributed by atoms with Crippen molar-refractivity contribution in [3.8, 4) is 5.75 Å². The van der Waals surface area contributed by atoms with Gasteiger partial charge >= 0.3 is 0 Å². The number of hydrogen-bond donors (Lipinski definition) is 0. The Morgan fingerprint density at radius 3 is 2.38 bits per heavy atom. The minimum atomic E-state index is -0.259. The molecule has 2 nitrogen and oxygen atoms in total. The second-order valence-electron chi connectivity index (χ2n) is 4.63. The topological polar surface area (TPSA) is 26.3 Å². The summed E-state index contributed by atoms with van der Waals surface area (Å²) in [6, 6.07) is 13.9. The van der Waals surface area contributed by atoms with Crippen LogP contribution in [0.3, 0.4) is 0 Å². The average Bonchev–Trinajstić information content (AvgIpc) is 2.53. The first kappa shape index (κ1) is 15.6. The lowest BCUT2D eigenvalue weighted by Gasteiger charge is -2.04. The summed E-state index contributed by atoms with van der Waals surface area (Å²) in [5.74, 6) is 1.17. The molecule has 0 aliphatic rings. The summed E-state index contributed by atoms with van der Waals surface area (Å²) in [7, 11) is 1.63. The molecular formula is C17H17FO2S. The number of thioether (sulfide) groups is 1. The van der Waals surface area contributed by atoms with Crippen LogP contribution < -0.4 is 4.74 Å². The average molecular weight is 304 g/mol. The van der Waals surface area contributed by atoms with Crippen LogP contribution in [0.4, 0.5) is 4.39 Å². The van der Waals surface area contributed by atoms with Crippen molar-refractivity contribution in [1.82, 2.24) is 0 Å². The van der Waals surface area contributed by atoms with Crippen LogP contribution in [0.25, 0.3) is 0 Å². The summed E-state index contributed by atoms with van der Waals surface area (Å²) in [5.41, 5.74) is 1.12. The normalized spacial score (nSPS) is 10.4. The molecule has 2 rings (SSSR count). The maximum absolute atomic E-state index is 12.8. The number of rotatable bonds is 7. The molecule has 4 heteroatoms. The lowest BCUT2D eigenvalue weighted by atomic mass is 10.1. The first-order valence-corrected chi connectivity index (χ1v) is 7.69. The fourth-order valence-electron chi connectivity index (χ4n) is 1.84. The highest BCUT2D eigenvalue weighted by Crippen LogP contribution is 2.19. The number of carbonyl (C=O) groups excluding carboxylic acids is 1. The summed E-state index contributed by atoms with van der Waals surface area (Å²) in [6.07, 6.45) is 1.24. The van der Waals surface area contributed by atoms with Crippen molar-refractivity contribution in [2.75, 3.05) is 12.9 Å². The first-order valence-electron chi connectivity index (χ1n) is 6.70. The van der Waals surface area contributed by atoms with E-state index in [4.69, 9.17) is 4.74 Å². The zero-order chi connectivity index (χ0) is 15.1. The number of ether oxygens (including phenoxy) is 1. The van der Waals surface area contributed by atoms with Gasteiger partial charge in [0, 0.05) is 11.3 Å². The number of methoxy groups -OCH3 is 1. The van der Waals surface area contributed by atoms with Crippen molar-refractivity contribution >= 4 is 17.5 Å². The molecule has 0 spiro atoms. The Kier molecular flexibility index (Phi) is 5.81. The molecule has 110 valence electrons. The molecule has 0 aliphatic carbocycles. The smallest absolute Gasteiger partial charge is 0.143 e. The Hall–Kier alpha value is -1.81. The van der Waals surface area contributed by atoms with Crippen LogP contribution in [0.15, 0.2) is 53.4 Å². The van der Waals surface area contributed by atoms with Gasteiger partial charge in [-0.1, -0.05) is 12.1 Å². The van der Waals surface area contributed by atoms with Crippen LogP contribution in [0, 0.1) is 5.82 Å². The third-order valence-corrected chi connectivity index (χ3v) is 4.14. The van der Waals surface area contributed by atoms with Crippen molar-refractivity contribution < 1.29 is 13.9 Å². The van der Waals surface area contributed by atoms with Gasteiger partial charge in [-0.05, 0) is 48.4 Å². The molecule has 0 amide bonds. The third kappa shape index (κ3) is 5.23.